The maximum absolute atomic E-state index is 6.13. The van der Waals surface area contributed by atoms with E-state index in [0.29, 0.717) is 5.92 Å². The zero-order valence-electron chi connectivity index (χ0n) is 9.54. The molecule has 0 saturated heterocycles. The summed E-state index contributed by atoms with van der Waals surface area (Å²) in [6, 6.07) is 5.92. The molecule has 0 saturated carbocycles. The van der Waals surface area contributed by atoms with Crippen LogP contribution in [-0.2, 0) is 0 Å². The molecule has 1 aromatic carbocycles. The molecule has 1 aromatic rings. The first-order valence-corrected chi connectivity index (χ1v) is 6.38. The highest BCUT2D eigenvalue weighted by atomic mass is 79.9. The summed E-state index contributed by atoms with van der Waals surface area (Å²) in [5, 5.41) is 0.751. The lowest BCUT2D eigenvalue weighted by molar-refractivity contribution is 0.507. The van der Waals surface area contributed by atoms with Crippen LogP contribution in [0, 0.1) is 5.92 Å². The molecule has 16 heavy (non-hydrogen) atoms. The summed E-state index contributed by atoms with van der Waals surface area (Å²) in [7, 11) is 0. The molecular formula is C12H18BrCl2N. The van der Waals surface area contributed by atoms with Crippen molar-refractivity contribution in [3.63, 3.8) is 0 Å². The van der Waals surface area contributed by atoms with Gasteiger partial charge in [0.15, 0.2) is 0 Å². The molecule has 0 fully saturated rings. The van der Waals surface area contributed by atoms with Gasteiger partial charge in [0, 0.05) is 15.5 Å². The van der Waals surface area contributed by atoms with E-state index < -0.39 is 0 Å². The normalized spacial score (nSPS) is 12.4. The van der Waals surface area contributed by atoms with Gasteiger partial charge < -0.3 is 5.73 Å². The van der Waals surface area contributed by atoms with Gasteiger partial charge in [-0.05, 0) is 36.5 Å². The van der Waals surface area contributed by atoms with E-state index in [1.54, 1.807) is 0 Å². The van der Waals surface area contributed by atoms with Crippen molar-refractivity contribution in [2.45, 2.75) is 32.7 Å². The summed E-state index contributed by atoms with van der Waals surface area (Å²) in [5.41, 5.74) is 7.14. The van der Waals surface area contributed by atoms with Crippen LogP contribution in [0.3, 0.4) is 0 Å². The third-order valence-corrected chi connectivity index (χ3v) is 3.24. The lowest BCUT2D eigenvalue weighted by Crippen LogP contribution is -2.11. The highest BCUT2D eigenvalue weighted by Gasteiger charge is 2.10. The average Bonchev–Trinajstić information content (AvgIpc) is 2.14. The highest BCUT2D eigenvalue weighted by molar-refractivity contribution is 9.10. The first-order chi connectivity index (χ1) is 7.00. The van der Waals surface area contributed by atoms with Gasteiger partial charge in [0.1, 0.15) is 0 Å². The average molecular weight is 327 g/mol. The smallest absolute Gasteiger partial charge is 0.0464 e. The van der Waals surface area contributed by atoms with E-state index in [-0.39, 0.29) is 18.4 Å². The van der Waals surface area contributed by atoms with E-state index in [9.17, 15) is 0 Å². The van der Waals surface area contributed by atoms with Crippen molar-refractivity contribution < 1.29 is 0 Å². The molecule has 0 aromatic heterocycles. The standard InChI is InChI=1S/C12H17BrClN.ClH/c1-8(2)3-6-12(15)10-5-4-9(13)7-11(10)14;/h4-5,7-8,12H,3,6,15H2,1-2H3;1H/t12-;/m1./s1. The first kappa shape index (κ1) is 16.2. The second-order valence-corrected chi connectivity index (χ2v) is 5.57. The van der Waals surface area contributed by atoms with E-state index in [1.165, 1.54) is 0 Å². The molecule has 0 amide bonds. The van der Waals surface area contributed by atoms with Gasteiger partial charge in [-0.1, -0.05) is 47.4 Å². The SMILES string of the molecule is CC(C)CC[C@@H](N)c1ccc(Br)cc1Cl.Cl. The van der Waals surface area contributed by atoms with Crippen LogP contribution in [0.15, 0.2) is 22.7 Å². The third kappa shape index (κ3) is 5.05. The lowest BCUT2D eigenvalue weighted by Gasteiger charge is -2.15. The van der Waals surface area contributed by atoms with Crippen molar-refractivity contribution in [1.29, 1.82) is 0 Å². The molecular weight excluding hydrogens is 309 g/mol. The van der Waals surface area contributed by atoms with E-state index >= 15 is 0 Å². The molecule has 1 atom stereocenters. The number of hydrogen-bond acceptors (Lipinski definition) is 1. The first-order valence-electron chi connectivity index (χ1n) is 5.21. The van der Waals surface area contributed by atoms with Crippen molar-refractivity contribution in [3.8, 4) is 0 Å². The summed E-state index contributed by atoms with van der Waals surface area (Å²) in [6.45, 7) is 4.41. The van der Waals surface area contributed by atoms with E-state index in [4.69, 9.17) is 17.3 Å². The molecule has 1 rings (SSSR count). The van der Waals surface area contributed by atoms with Crippen LogP contribution in [0.25, 0.3) is 0 Å². The van der Waals surface area contributed by atoms with Crippen LogP contribution in [-0.4, -0.2) is 0 Å². The molecule has 0 aliphatic carbocycles. The fraction of sp³-hybridized carbons (Fsp3) is 0.500. The Bertz CT molecular complexity index is 329. The summed E-state index contributed by atoms with van der Waals surface area (Å²) in [6.07, 6.45) is 2.12. The lowest BCUT2D eigenvalue weighted by atomic mass is 9.98. The van der Waals surface area contributed by atoms with Crippen molar-refractivity contribution in [2.75, 3.05) is 0 Å². The van der Waals surface area contributed by atoms with Crippen molar-refractivity contribution in [3.05, 3.63) is 33.3 Å². The van der Waals surface area contributed by atoms with Crippen LogP contribution < -0.4 is 5.73 Å². The van der Waals surface area contributed by atoms with Crippen LogP contribution in [0.1, 0.15) is 38.3 Å². The number of rotatable bonds is 4. The second-order valence-electron chi connectivity index (χ2n) is 4.24. The Hall–Kier alpha value is 0.240. The molecule has 0 radical (unpaired) electrons. The molecule has 0 unspecified atom stereocenters. The highest BCUT2D eigenvalue weighted by Crippen LogP contribution is 2.28. The maximum atomic E-state index is 6.13. The predicted octanol–water partition coefficient (Wildman–Crippen LogP) is 4.96. The van der Waals surface area contributed by atoms with Gasteiger partial charge in [-0.15, -0.1) is 12.4 Å². The number of nitrogens with two attached hydrogens (primary N) is 1. The fourth-order valence-corrected chi connectivity index (χ4v) is 2.28. The minimum atomic E-state index is 0. The van der Waals surface area contributed by atoms with E-state index in [2.05, 4.69) is 29.8 Å². The molecule has 0 spiro atoms. The van der Waals surface area contributed by atoms with Crippen molar-refractivity contribution in [1.82, 2.24) is 0 Å². The Labute approximate surface area is 117 Å². The monoisotopic (exact) mass is 325 g/mol. The van der Waals surface area contributed by atoms with Crippen LogP contribution >= 0.6 is 39.9 Å². The van der Waals surface area contributed by atoms with Gasteiger partial charge in [-0.3, -0.25) is 0 Å². The van der Waals surface area contributed by atoms with Gasteiger partial charge in [0.25, 0.3) is 0 Å². The quantitative estimate of drug-likeness (QED) is 0.831. The third-order valence-electron chi connectivity index (χ3n) is 2.42. The van der Waals surface area contributed by atoms with Crippen LogP contribution in [0.2, 0.25) is 5.02 Å². The molecule has 0 bridgehead atoms. The van der Waals surface area contributed by atoms with Crippen molar-refractivity contribution >= 4 is 39.9 Å². The maximum Gasteiger partial charge on any atom is 0.0464 e. The van der Waals surface area contributed by atoms with E-state index in [0.717, 1.165) is 27.9 Å². The Morgan fingerprint density at radius 2 is 1.94 bits per heavy atom. The Morgan fingerprint density at radius 1 is 1.31 bits per heavy atom. The largest absolute Gasteiger partial charge is 0.324 e. The van der Waals surface area contributed by atoms with Gasteiger partial charge >= 0.3 is 0 Å². The van der Waals surface area contributed by atoms with Gasteiger partial charge in [0.2, 0.25) is 0 Å². The number of halogens is 3. The Morgan fingerprint density at radius 3 is 2.44 bits per heavy atom. The predicted molar refractivity (Wildman–Crippen MR) is 77.4 cm³/mol. The van der Waals surface area contributed by atoms with Crippen molar-refractivity contribution in [2.24, 2.45) is 11.7 Å². The molecule has 0 aliphatic heterocycles. The molecule has 0 aliphatic rings. The zero-order valence-corrected chi connectivity index (χ0v) is 12.7. The number of benzene rings is 1. The molecule has 2 N–H and O–H groups in total. The summed E-state index contributed by atoms with van der Waals surface area (Å²) < 4.78 is 0.993. The topological polar surface area (TPSA) is 26.0 Å². The molecule has 92 valence electrons. The molecule has 4 heteroatoms. The van der Waals surface area contributed by atoms with Crippen LogP contribution in [0.5, 0.6) is 0 Å². The van der Waals surface area contributed by atoms with E-state index in [1.807, 2.05) is 18.2 Å². The second kappa shape index (κ2) is 7.54. The minimum Gasteiger partial charge on any atom is -0.324 e. The van der Waals surface area contributed by atoms with Crippen LogP contribution in [0.4, 0.5) is 0 Å². The minimum absolute atomic E-state index is 0. The van der Waals surface area contributed by atoms with Gasteiger partial charge in [-0.25, -0.2) is 0 Å². The fourth-order valence-electron chi connectivity index (χ4n) is 1.47. The molecule has 1 nitrogen and oxygen atoms in total. The Balaban J connectivity index is 0.00000225. The summed E-state index contributed by atoms with van der Waals surface area (Å²) in [4.78, 5) is 0. The summed E-state index contributed by atoms with van der Waals surface area (Å²) >= 11 is 9.51. The Kier molecular flexibility index (Phi) is 7.66. The van der Waals surface area contributed by atoms with Gasteiger partial charge in [0.05, 0.1) is 0 Å². The number of hydrogen-bond donors (Lipinski definition) is 1. The zero-order chi connectivity index (χ0) is 11.4. The molecule has 0 heterocycles. The summed E-state index contributed by atoms with van der Waals surface area (Å²) in [5.74, 6) is 0.685. The van der Waals surface area contributed by atoms with Gasteiger partial charge in [-0.2, -0.15) is 0 Å².